The Morgan fingerprint density at radius 3 is 2.70 bits per heavy atom. The van der Waals surface area contributed by atoms with Crippen molar-refractivity contribution in [3.8, 4) is 11.5 Å². The Hall–Kier alpha value is -2.22. The lowest BCUT2D eigenvalue weighted by molar-refractivity contribution is 0.410. The van der Waals surface area contributed by atoms with Gasteiger partial charge in [-0.25, -0.2) is 4.39 Å². The minimum Gasteiger partial charge on any atom is -0.508 e. The predicted octanol–water partition coefficient (Wildman–Crippen LogP) is 6.29. The number of nitrogens with zero attached hydrogens (tertiary/aromatic N) is 1. The molecule has 1 aliphatic heterocycles. The van der Waals surface area contributed by atoms with Crippen molar-refractivity contribution < 1.29 is 14.2 Å². The maximum absolute atomic E-state index is 13.8. The Bertz CT molecular complexity index is 1120. The Morgan fingerprint density at radius 1 is 1.10 bits per heavy atom. The van der Waals surface area contributed by atoms with E-state index >= 15 is 0 Å². The molecule has 4 nitrogen and oxygen atoms in total. The smallest absolute Gasteiger partial charge is 0.137 e. The summed E-state index contributed by atoms with van der Waals surface area (Å²) in [6, 6.07) is 17.8. The van der Waals surface area contributed by atoms with Crippen molar-refractivity contribution in [1.29, 1.82) is 0 Å². The minimum absolute atomic E-state index is 0.185. The van der Waals surface area contributed by atoms with Gasteiger partial charge in [0.05, 0.1) is 11.6 Å². The fraction of sp³-hybridized carbons (Fsp3) is 0.174. The fourth-order valence-corrected chi connectivity index (χ4v) is 4.32. The van der Waals surface area contributed by atoms with Gasteiger partial charge in [-0.3, -0.25) is 10.3 Å². The average molecular weight is 534 g/mol. The van der Waals surface area contributed by atoms with E-state index in [0.717, 1.165) is 32.6 Å². The third kappa shape index (κ3) is 4.43. The zero-order valence-corrected chi connectivity index (χ0v) is 19.2. The normalized spacial score (nSPS) is 18.7. The summed E-state index contributed by atoms with van der Waals surface area (Å²) in [7, 11) is 1.63. The Balaban J connectivity index is 1.79. The van der Waals surface area contributed by atoms with Gasteiger partial charge in [0, 0.05) is 28.2 Å². The molecule has 2 N–H and O–H groups in total. The van der Waals surface area contributed by atoms with Crippen LogP contribution in [-0.4, -0.2) is 17.9 Å². The van der Waals surface area contributed by atoms with Crippen LogP contribution >= 0.6 is 31.9 Å². The molecule has 0 saturated carbocycles. The second kappa shape index (κ2) is 8.88. The van der Waals surface area contributed by atoms with Gasteiger partial charge in [-0.15, -0.1) is 0 Å². The van der Waals surface area contributed by atoms with E-state index in [1.54, 1.807) is 31.4 Å². The lowest BCUT2D eigenvalue weighted by Crippen LogP contribution is -2.33. The van der Waals surface area contributed by atoms with E-state index in [2.05, 4.69) is 37.2 Å². The quantitative estimate of drug-likeness (QED) is 0.414. The molecule has 3 aromatic carbocycles. The van der Waals surface area contributed by atoms with Gasteiger partial charge >= 0.3 is 0 Å². The summed E-state index contributed by atoms with van der Waals surface area (Å²) in [5, 5.41) is 14.0. The second-order valence-corrected chi connectivity index (χ2v) is 8.78. The van der Waals surface area contributed by atoms with Crippen LogP contribution in [0, 0.1) is 5.82 Å². The highest BCUT2D eigenvalue weighted by Gasteiger charge is 2.28. The zero-order chi connectivity index (χ0) is 21.3. The Labute approximate surface area is 191 Å². The number of hydrogen-bond acceptors (Lipinski definition) is 4. The number of nitrogens with one attached hydrogen (secondary N) is 1. The van der Waals surface area contributed by atoms with E-state index in [-0.39, 0.29) is 17.6 Å². The monoisotopic (exact) mass is 532 g/mol. The van der Waals surface area contributed by atoms with E-state index in [9.17, 15) is 9.50 Å². The Morgan fingerprint density at radius 2 is 1.93 bits per heavy atom. The first-order valence-electron chi connectivity index (χ1n) is 9.35. The van der Waals surface area contributed by atoms with Crippen LogP contribution in [0.25, 0.3) is 0 Å². The van der Waals surface area contributed by atoms with Crippen LogP contribution in [-0.2, 0) is 0 Å². The molecule has 0 unspecified atom stereocenters. The summed E-state index contributed by atoms with van der Waals surface area (Å²) >= 11 is 6.74. The van der Waals surface area contributed by atoms with Crippen molar-refractivity contribution in [2.24, 2.45) is 4.99 Å². The van der Waals surface area contributed by atoms with Gasteiger partial charge in [0.2, 0.25) is 0 Å². The second-order valence-electron chi connectivity index (χ2n) is 7.01. The number of hydrogen-bond donors (Lipinski definition) is 2. The van der Waals surface area contributed by atoms with Crippen molar-refractivity contribution in [1.82, 2.24) is 5.32 Å². The first-order valence-corrected chi connectivity index (χ1v) is 10.9. The van der Waals surface area contributed by atoms with Gasteiger partial charge in [-0.1, -0.05) is 34.1 Å². The van der Waals surface area contributed by atoms with Crippen molar-refractivity contribution in [3.05, 3.63) is 92.1 Å². The third-order valence-electron chi connectivity index (χ3n) is 5.07. The summed E-state index contributed by atoms with van der Waals surface area (Å²) in [6.07, 6.45) is 0.177. The third-order valence-corrected chi connectivity index (χ3v) is 6.17. The summed E-state index contributed by atoms with van der Waals surface area (Å²) in [5.74, 6) is 0.631. The number of phenols is 1. The van der Waals surface area contributed by atoms with E-state index in [0.29, 0.717) is 10.9 Å². The van der Waals surface area contributed by atoms with Gasteiger partial charge in [0.15, 0.2) is 0 Å². The van der Waals surface area contributed by atoms with E-state index < -0.39 is 6.17 Å². The predicted molar refractivity (Wildman–Crippen MR) is 123 cm³/mol. The van der Waals surface area contributed by atoms with Crippen molar-refractivity contribution in [2.45, 2.75) is 18.6 Å². The van der Waals surface area contributed by atoms with E-state index in [1.807, 2.05) is 30.3 Å². The summed E-state index contributed by atoms with van der Waals surface area (Å²) < 4.78 is 20.4. The van der Waals surface area contributed by atoms with Crippen molar-refractivity contribution in [2.75, 3.05) is 7.11 Å². The van der Waals surface area contributed by atoms with Gasteiger partial charge in [0.1, 0.15) is 23.5 Å². The van der Waals surface area contributed by atoms with Crippen LogP contribution in [0.2, 0.25) is 0 Å². The molecular formula is C23H19Br2FN2O2. The molecule has 3 aromatic rings. The van der Waals surface area contributed by atoms with Crippen LogP contribution in [0.3, 0.4) is 0 Å². The first kappa shape index (κ1) is 21.0. The van der Waals surface area contributed by atoms with Gasteiger partial charge in [-0.05, 0) is 69.5 Å². The molecule has 0 radical (unpaired) electrons. The van der Waals surface area contributed by atoms with Crippen LogP contribution < -0.4 is 10.1 Å². The topological polar surface area (TPSA) is 53.8 Å². The van der Waals surface area contributed by atoms with E-state index in [4.69, 9.17) is 9.73 Å². The average Bonchev–Trinajstić information content (AvgIpc) is 2.77. The standard InChI is InChI=1S/C23H19Br2FN2O2/c1-30-16-4-2-3-13(9-16)20-12-21(17-11-15(24)6-8-22(17)29)28-23(27-20)14-5-7-19(26)18(25)10-14/h2-11,21,23,28-29H,12H2,1H3/t21-,23-/m1/s1. The number of aromatic hydroxyl groups is 1. The van der Waals surface area contributed by atoms with Crippen LogP contribution in [0.15, 0.2) is 74.6 Å². The first-order chi connectivity index (χ1) is 14.4. The molecule has 7 heteroatoms. The van der Waals surface area contributed by atoms with Crippen LogP contribution in [0.5, 0.6) is 11.5 Å². The molecule has 0 bridgehead atoms. The number of rotatable bonds is 4. The summed E-state index contributed by atoms with van der Waals surface area (Å²) in [5.41, 5.74) is 3.41. The molecular weight excluding hydrogens is 515 g/mol. The molecule has 0 spiro atoms. The highest BCUT2D eigenvalue weighted by molar-refractivity contribution is 9.10. The molecule has 4 rings (SSSR count). The molecule has 0 amide bonds. The van der Waals surface area contributed by atoms with Crippen LogP contribution in [0.1, 0.15) is 35.3 Å². The maximum atomic E-state index is 13.8. The zero-order valence-electron chi connectivity index (χ0n) is 16.1. The molecule has 0 fully saturated rings. The van der Waals surface area contributed by atoms with E-state index in [1.165, 1.54) is 6.07 Å². The minimum atomic E-state index is -0.403. The number of phenolic OH excluding ortho intramolecular Hbond substituents is 1. The molecule has 1 heterocycles. The summed E-state index contributed by atoms with van der Waals surface area (Å²) in [4.78, 5) is 4.91. The van der Waals surface area contributed by atoms with Crippen molar-refractivity contribution >= 4 is 37.6 Å². The fourth-order valence-electron chi connectivity index (χ4n) is 3.54. The Kier molecular flexibility index (Phi) is 6.22. The van der Waals surface area contributed by atoms with Gasteiger partial charge < -0.3 is 9.84 Å². The largest absolute Gasteiger partial charge is 0.508 e. The highest BCUT2D eigenvalue weighted by atomic mass is 79.9. The van der Waals surface area contributed by atoms with Crippen molar-refractivity contribution in [3.63, 3.8) is 0 Å². The number of ether oxygens (including phenoxy) is 1. The highest BCUT2D eigenvalue weighted by Crippen LogP contribution is 2.36. The molecule has 0 aromatic heterocycles. The molecule has 0 saturated heterocycles. The molecule has 0 aliphatic carbocycles. The summed E-state index contributed by atoms with van der Waals surface area (Å²) in [6.45, 7) is 0. The molecule has 154 valence electrons. The lowest BCUT2D eigenvalue weighted by Gasteiger charge is -2.31. The number of halogens is 3. The maximum Gasteiger partial charge on any atom is 0.137 e. The number of aliphatic imine (C=N–C) groups is 1. The number of methoxy groups -OCH3 is 1. The van der Waals surface area contributed by atoms with Gasteiger partial charge in [-0.2, -0.15) is 0 Å². The molecule has 30 heavy (non-hydrogen) atoms. The SMILES string of the molecule is COc1cccc(C2=N[C@@H](c3ccc(F)c(Br)c3)N[C@@H](c3cc(Br)ccc3O)C2)c1. The molecule has 1 aliphatic rings. The van der Waals surface area contributed by atoms with Gasteiger partial charge in [0.25, 0.3) is 0 Å². The molecule has 2 atom stereocenters. The lowest BCUT2D eigenvalue weighted by atomic mass is 9.93. The van der Waals surface area contributed by atoms with Crippen LogP contribution in [0.4, 0.5) is 4.39 Å². The number of benzene rings is 3.